The fraction of sp³-hybridized carbons (Fsp3) is 0.286. The predicted molar refractivity (Wildman–Crippen MR) is 113 cm³/mol. The Morgan fingerprint density at radius 3 is 2.09 bits per heavy atom. The molecule has 4 rings (SSSR count). The van der Waals surface area contributed by atoms with Gasteiger partial charge in [0.15, 0.2) is 0 Å². The van der Waals surface area contributed by atoms with E-state index in [0.717, 1.165) is 37.3 Å². The Bertz CT molecular complexity index is 1100. The highest BCUT2D eigenvalue weighted by molar-refractivity contribution is 6.04. The number of primary amides is 1. The molecule has 8 nitrogen and oxygen atoms in total. The molecular formula is C21H22F3N5O3. The Labute approximate surface area is 181 Å². The molecule has 0 radical (unpaired) electrons. The molecule has 1 fully saturated rings. The SMILES string of the molecule is CN1CCN(c2ccc(-n3cc4cccc(C(N)=O)c4n3)cc2)CC1.O=C(O)C(F)(F)F. The van der Waals surface area contributed by atoms with Crippen molar-refractivity contribution in [3.63, 3.8) is 0 Å². The van der Waals surface area contributed by atoms with Crippen molar-refractivity contribution in [2.24, 2.45) is 5.73 Å². The van der Waals surface area contributed by atoms with E-state index in [1.165, 1.54) is 5.69 Å². The number of alkyl halides is 3. The molecule has 32 heavy (non-hydrogen) atoms. The number of carboxylic acid groups (broad SMARTS) is 1. The van der Waals surface area contributed by atoms with E-state index in [4.69, 9.17) is 15.6 Å². The number of amides is 1. The number of rotatable bonds is 3. The second-order valence-electron chi connectivity index (χ2n) is 7.29. The number of anilines is 1. The fourth-order valence-corrected chi connectivity index (χ4v) is 3.26. The van der Waals surface area contributed by atoms with Gasteiger partial charge in [0.2, 0.25) is 0 Å². The van der Waals surface area contributed by atoms with Gasteiger partial charge >= 0.3 is 12.1 Å². The molecule has 0 bridgehead atoms. The lowest BCUT2D eigenvalue weighted by Gasteiger charge is -2.34. The van der Waals surface area contributed by atoms with Crippen molar-refractivity contribution in [2.75, 3.05) is 38.1 Å². The Balaban J connectivity index is 0.000000360. The molecule has 0 atom stereocenters. The van der Waals surface area contributed by atoms with E-state index in [0.29, 0.717) is 11.1 Å². The van der Waals surface area contributed by atoms with Gasteiger partial charge in [-0.15, -0.1) is 0 Å². The van der Waals surface area contributed by atoms with E-state index in [1.54, 1.807) is 10.7 Å². The lowest BCUT2D eigenvalue weighted by Crippen LogP contribution is -2.44. The van der Waals surface area contributed by atoms with Crippen LogP contribution in [0.2, 0.25) is 0 Å². The maximum absolute atomic E-state index is 11.6. The number of carboxylic acids is 1. The number of carbonyl (C=O) groups excluding carboxylic acids is 1. The molecule has 3 aromatic rings. The first-order valence-corrected chi connectivity index (χ1v) is 9.68. The van der Waals surface area contributed by atoms with Gasteiger partial charge in [0.1, 0.15) is 5.52 Å². The zero-order valence-corrected chi connectivity index (χ0v) is 17.2. The molecule has 1 saturated heterocycles. The van der Waals surface area contributed by atoms with Crippen LogP contribution in [-0.4, -0.2) is 71.1 Å². The average molecular weight is 449 g/mol. The minimum atomic E-state index is -5.08. The van der Waals surface area contributed by atoms with Gasteiger partial charge in [-0.25, -0.2) is 9.48 Å². The minimum Gasteiger partial charge on any atom is -0.475 e. The molecule has 0 unspecified atom stereocenters. The highest BCUT2D eigenvalue weighted by atomic mass is 19.4. The van der Waals surface area contributed by atoms with E-state index >= 15 is 0 Å². The standard InChI is InChI=1S/C19H21N5O.C2HF3O2/c1-22-9-11-23(12-10-22)15-5-7-16(8-6-15)24-13-14-3-2-4-17(19(20)25)18(14)21-24;3-2(4,5)1(6)7/h2-8,13H,9-12H2,1H3,(H2,20,25);(H,6,7). The van der Waals surface area contributed by atoms with Crippen LogP contribution >= 0.6 is 0 Å². The summed E-state index contributed by atoms with van der Waals surface area (Å²) in [5.41, 5.74) is 8.72. The first-order valence-electron chi connectivity index (χ1n) is 9.68. The summed E-state index contributed by atoms with van der Waals surface area (Å²) >= 11 is 0. The van der Waals surface area contributed by atoms with Gasteiger partial charge in [0, 0.05) is 43.4 Å². The molecule has 3 N–H and O–H groups in total. The summed E-state index contributed by atoms with van der Waals surface area (Å²) in [5.74, 6) is -3.21. The number of likely N-dealkylation sites (N-methyl/N-ethyl adjacent to an activating group) is 1. The summed E-state index contributed by atoms with van der Waals surface area (Å²) in [6.45, 7) is 4.26. The second kappa shape index (κ2) is 9.27. The highest BCUT2D eigenvalue weighted by Gasteiger charge is 2.38. The monoisotopic (exact) mass is 449 g/mol. The molecule has 1 aliphatic rings. The number of halogens is 3. The molecule has 2 heterocycles. The molecule has 1 amide bonds. The number of piperazine rings is 1. The lowest BCUT2D eigenvalue weighted by molar-refractivity contribution is -0.192. The normalized spacial score (nSPS) is 14.7. The lowest BCUT2D eigenvalue weighted by atomic mass is 10.1. The maximum Gasteiger partial charge on any atom is 0.490 e. The van der Waals surface area contributed by atoms with Crippen molar-refractivity contribution in [3.05, 3.63) is 54.2 Å². The first kappa shape index (κ1) is 23.1. The summed E-state index contributed by atoms with van der Waals surface area (Å²) in [7, 11) is 2.16. The van der Waals surface area contributed by atoms with Crippen LogP contribution in [0.1, 0.15) is 10.4 Å². The quantitative estimate of drug-likeness (QED) is 0.637. The van der Waals surface area contributed by atoms with Crippen molar-refractivity contribution in [3.8, 4) is 5.69 Å². The zero-order chi connectivity index (χ0) is 23.5. The molecule has 0 aliphatic carbocycles. The molecular weight excluding hydrogens is 427 g/mol. The molecule has 1 aliphatic heterocycles. The van der Waals surface area contributed by atoms with E-state index in [-0.39, 0.29) is 0 Å². The Hall–Kier alpha value is -3.60. The predicted octanol–water partition coefficient (Wildman–Crippen LogP) is 2.51. The second-order valence-corrected chi connectivity index (χ2v) is 7.29. The molecule has 170 valence electrons. The minimum absolute atomic E-state index is 0.449. The van der Waals surface area contributed by atoms with Gasteiger partial charge in [-0.2, -0.15) is 18.3 Å². The first-order chi connectivity index (χ1) is 15.1. The van der Waals surface area contributed by atoms with Gasteiger partial charge in [0.25, 0.3) is 5.91 Å². The van der Waals surface area contributed by atoms with Crippen LogP contribution in [0.3, 0.4) is 0 Å². The Morgan fingerprint density at radius 1 is 1.00 bits per heavy atom. The summed E-state index contributed by atoms with van der Waals surface area (Å²) in [6.07, 6.45) is -3.16. The van der Waals surface area contributed by atoms with Gasteiger partial charge in [-0.1, -0.05) is 12.1 Å². The number of benzene rings is 2. The van der Waals surface area contributed by atoms with E-state index in [9.17, 15) is 18.0 Å². The summed E-state index contributed by atoms with van der Waals surface area (Å²) in [6, 6.07) is 13.8. The summed E-state index contributed by atoms with van der Waals surface area (Å²) in [5, 5.41) is 12.6. The molecule has 1 aromatic heterocycles. The Morgan fingerprint density at radius 2 is 1.56 bits per heavy atom. The highest BCUT2D eigenvalue weighted by Crippen LogP contribution is 2.22. The van der Waals surface area contributed by atoms with Crippen LogP contribution in [0.25, 0.3) is 16.6 Å². The number of aliphatic carboxylic acids is 1. The van der Waals surface area contributed by atoms with Crippen LogP contribution in [0.5, 0.6) is 0 Å². The number of hydrogen-bond donors (Lipinski definition) is 2. The van der Waals surface area contributed by atoms with Crippen molar-refractivity contribution in [1.82, 2.24) is 14.7 Å². The topological polar surface area (TPSA) is 105 Å². The third kappa shape index (κ3) is 5.35. The smallest absolute Gasteiger partial charge is 0.475 e. The summed E-state index contributed by atoms with van der Waals surface area (Å²) < 4.78 is 33.5. The maximum atomic E-state index is 11.6. The van der Waals surface area contributed by atoms with Crippen molar-refractivity contribution in [1.29, 1.82) is 0 Å². The van der Waals surface area contributed by atoms with E-state index in [2.05, 4.69) is 46.2 Å². The molecule has 11 heteroatoms. The van der Waals surface area contributed by atoms with Gasteiger partial charge in [-0.05, 0) is 37.4 Å². The fourth-order valence-electron chi connectivity index (χ4n) is 3.26. The molecule has 0 spiro atoms. The molecule has 0 saturated carbocycles. The third-order valence-electron chi connectivity index (χ3n) is 5.03. The van der Waals surface area contributed by atoms with Gasteiger partial charge in [-0.3, -0.25) is 4.79 Å². The number of fused-ring (bicyclic) bond motifs is 1. The number of hydrogen-bond acceptors (Lipinski definition) is 5. The van der Waals surface area contributed by atoms with E-state index in [1.807, 2.05) is 18.3 Å². The summed E-state index contributed by atoms with van der Waals surface area (Å²) in [4.78, 5) is 25.2. The van der Waals surface area contributed by atoms with Crippen molar-refractivity contribution in [2.45, 2.75) is 6.18 Å². The number of carbonyl (C=O) groups is 2. The van der Waals surface area contributed by atoms with Crippen LogP contribution < -0.4 is 10.6 Å². The number of nitrogens with two attached hydrogens (primary N) is 1. The third-order valence-corrected chi connectivity index (χ3v) is 5.03. The zero-order valence-electron chi connectivity index (χ0n) is 17.2. The van der Waals surface area contributed by atoms with Gasteiger partial charge in [0.05, 0.1) is 11.3 Å². The van der Waals surface area contributed by atoms with Crippen LogP contribution in [0.15, 0.2) is 48.7 Å². The Kier molecular flexibility index (Phi) is 6.68. The van der Waals surface area contributed by atoms with Gasteiger partial charge < -0.3 is 20.6 Å². The van der Waals surface area contributed by atoms with Crippen LogP contribution in [0, 0.1) is 0 Å². The largest absolute Gasteiger partial charge is 0.490 e. The van der Waals surface area contributed by atoms with Crippen LogP contribution in [0.4, 0.5) is 18.9 Å². The molecule has 2 aromatic carbocycles. The van der Waals surface area contributed by atoms with Crippen LogP contribution in [-0.2, 0) is 4.79 Å². The average Bonchev–Trinajstić information content (AvgIpc) is 3.18. The van der Waals surface area contributed by atoms with E-state index < -0.39 is 18.1 Å². The number of aromatic nitrogens is 2. The van der Waals surface area contributed by atoms with Crippen molar-refractivity contribution < 1.29 is 27.9 Å². The number of nitrogens with zero attached hydrogens (tertiary/aromatic N) is 4. The van der Waals surface area contributed by atoms with Crippen molar-refractivity contribution >= 4 is 28.5 Å².